The van der Waals surface area contributed by atoms with Crippen LogP contribution in [-0.2, 0) is 26.1 Å². The van der Waals surface area contributed by atoms with Gasteiger partial charge in [0.05, 0.1) is 6.54 Å². The molecule has 1 heterocycles. The molecule has 0 aromatic heterocycles. The Morgan fingerprint density at radius 3 is 2.23 bits per heavy atom. The fourth-order valence-electron chi connectivity index (χ4n) is 3.44. The molecule has 0 N–H and O–H groups in total. The first-order valence-corrected chi connectivity index (χ1v) is 11.4. The molecule has 1 aliphatic rings. The Kier molecular flexibility index (Phi) is 6.34. The highest BCUT2D eigenvalue weighted by molar-refractivity contribution is 7.87. The Labute approximate surface area is 182 Å². The molecular formula is C24H23NO5S. The van der Waals surface area contributed by atoms with Gasteiger partial charge in [0.1, 0.15) is 23.4 Å². The lowest BCUT2D eigenvalue weighted by Crippen LogP contribution is -2.44. The highest BCUT2D eigenvalue weighted by Crippen LogP contribution is 2.26. The van der Waals surface area contributed by atoms with E-state index in [2.05, 4.69) is 0 Å². The van der Waals surface area contributed by atoms with Crippen LogP contribution in [0, 0.1) is 0 Å². The Morgan fingerprint density at radius 2 is 1.55 bits per heavy atom. The average Bonchev–Trinajstić information content (AvgIpc) is 2.80. The van der Waals surface area contributed by atoms with Crippen molar-refractivity contribution in [3.05, 3.63) is 96.1 Å². The van der Waals surface area contributed by atoms with E-state index in [1.807, 2.05) is 35.2 Å². The van der Waals surface area contributed by atoms with E-state index in [-0.39, 0.29) is 29.3 Å². The van der Waals surface area contributed by atoms with E-state index >= 15 is 0 Å². The summed E-state index contributed by atoms with van der Waals surface area (Å²) < 4.78 is 35.7. The lowest BCUT2D eigenvalue weighted by molar-refractivity contribution is -0.149. The molecule has 160 valence electrons. The van der Waals surface area contributed by atoms with E-state index < -0.39 is 10.1 Å². The van der Waals surface area contributed by atoms with Crippen molar-refractivity contribution in [2.75, 3.05) is 19.7 Å². The van der Waals surface area contributed by atoms with E-state index in [9.17, 15) is 13.2 Å². The molecule has 6 nitrogen and oxygen atoms in total. The molecular weight excluding hydrogens is 414 g/mol. The molecule has 0 spiro atoms. The standard InChI is InChI=1S/C24H23NO5S/c26-24-18-29-23(17-25(24)16-15-19-7-3-1-4-8-19)20-11-13-21(14-12-20)30-31(27,28)22-9-5-2-6-10-22/h1-14,23H,15-18H2/t23-/m0/s1. The summed E-state index contributed by atoms with van der Waals surface area (Å²) in [6.07, 6.45) is 0.511. The predicted molar refractivity (Wildman–Crippen MR) is 116 cm³/mol. The number of morpholine rings is 1. The predicted octanol–water partition coefficient (Wildman–Crippen LogP) is 3.60. The maximum absolute atomic E-state index is 12.4. The second-order valence-corrected chi connectivity index (χ2v) is 8.84. The van der Waals surface area contributed by atoms with Gasteiger partial charge in [0.2, 0.25) is 5.91 Å². The number of ether oxygens (including phenoxy) is 1. The van der Waals surface area contributed by atoms with Gasteiger partial charge in [-0.25, -0.2) is 0 Å². The molecule has 1 aliphatic heterocycles. The number of benzene rings is 3. The lowest BCUT2D eigenvalue weighted by Gasteiger charge is -2.33. The minimum atomic E-state index is -3.88. The quantitative estimate of drug-likeness (QED) is 0.528. The fourth-order valence-corrected chi connectivity index (χ4v) is 4.40. The van der Waals surface area contributed by atoms with Gasteiger partial charge < -0.3 is 13.8 Å². The fraction of sp³-hybridized carbons (Fsp3) is 0.208. The topological polar surface area (TPSA) is 72.9 Å². The largest absolute Gasteiger partial charge is 0.379 e. The zero-order valence-corrected chi connectivity index (χ0v) is 17.7. The first kappa shape index (κ1) is 21.1. The zero-order chi connectivity index (χ0) is 21.7. The smallest absolute Gasteiger partial charge is 0.339 e. The molecule has 1 atom stereocenters. The summed E-state index contributed by atoms with van der Waals surface area (Å²) >= 11 is 0. The molecule has 1 amide bonds. The van der Waals surface area contributed by atoms with Crippen molar-refractivity contribution in [2.24, 2.45) is 0 Å². The van der Waals surface area contributed by atoms with Crippen LogP contribution in [0.3, 0.4) is 0 Å². The minimum absolute atomic E-state index is 0.0268. The van der Waals surface area contributed by atoms with E-state index in [1.54, 1.807) is 42.5 Å². The molecule has 7 heteroatoms. The summed E-state index contributed by atoms with van der Waals surface area (Å²) in [6.45, 7) is 1.10. The van der Waals surface area contributed by atoms with Crippen molar-refractivity contribution in [3.8, 4) is 5.75 Å². The first-order valence-electron chi connectivity index (χ1n) is 10.0. The number of nitrogens with zero attached hydrogens (tertiary/aromatic N) is 1. The molecule has 1 saturated heterocycles. The van der Waals surface area contributed by atoms with Gasteiger partial charge in [-0.3, -0.25) is 4.79 Å². The molecule has 3 aromatic rings. The average molecular weight is 438 g/mol. The Hall–Kier alpha value is -3.16. The van der Waals surface area contributed by atoms with Crippen molar-refractivity contribution in [1.29, 1.82) is 0 Å². The molecule has 0 unspecified atom stereocenters. The maximum atomic E-state index is 12.4. The van der Waals surface area contributed by atoms with Crippen LogP contribution in [0.25, 0.3) is 0 Å². The number of hydrogen-bond acceptors (Lipinski definition) is 5. The van der Waals surface area contributed by atoms with Crippen molar-refractivity contribution in [3.63, 3.8) is 0 Å². The van der Waals surface area contributed by atoms with Crippen LogP contribution in [-0.4, -0.2) is 38.9 Å². The van der Waals surface area contributed by atoms with Gasteiger partial charge in [-0.2, -0.15) is 8.42 Å². The van der Waals surface area contributed by atoms with Gasteiger partial charge in [0.25, 0.3) is 0 Å². The molecule has 0 saturated carbocycles. The molecule has 4 rings (SSSR count). The molecule has 0 radical (unpaired) electrons. The Morgan fingerprint density at radius 1 is 0.903 bits per heavy atom. The van der Waals surface area contributed by atoms with Crippen molar-refractivity contribution >= 4 is 16.0 Å². The third-order valence-corrected chi connectivity index (χ3v) is 6.41. The van der Waals surface area contributed by atoms with E-state index in [4.69, 9.17) is 8.92 Å². The van der Waals surface area contributed by atoms with Gasteiger partial charge in [-0.05, 0) is 41.8 Å². The van der Waals surface area contributed by atoms with Crippen LogP contribution < -0.4 is 4.18 Å². The number of rotatable bonds is 7. The van der Waals surface area contributed by atoms with Gasteiger partial charge in [0, 0.05) is 6.54 Å². The van der Waals surface area contributed by atoms with Crippen LogP contribution >= 0.6 is 0 Å². The number of carbonyl (C=O) groups is 1. The highest BCUT2D eigenvalue weighted by Gasteiger charge is 2.27. The molecule has 3 aromatic carbocycles. The van der Waals surface area contributed by atoms with Crippen LogP contribution in [0.4, 0.5) is 0 Å². The van der Waals surface area contributed by atoms with Crippen LogP contribution in [0.2, 0.25) is 0 Å². The number of amides is 1. The summed E-state index contributed by atoms with van der Waals surface area (Å²) in [4.78, 5) is 14.2. The zero-order valence-electron chi connectivity index (χ0n) is 16.9. The maximum Gasteiger partial charge on any atom is 0.339 e. The monoisotopic (exact) mass is 437 g/mol. The Balaban J connectivity index is 1.39. The normalized spacial score (nSPS) is 16.8. The van der Waals surface area contributed by atoms with E-state index in [0.29, 0.717) is 13.1 Å². The van der Waals surface area contributed by atoms with Crippen LogP contribution in [0.5, 0.6) is 5.75 Å². The third kappa shape index (κ3) is 5.31. The second kappa shape index (κ2) is 9.32. The molecule has 31 heavy (non-hydrogen) atoms. The highest BCUT2D eigenvalue weighted by atomic mass is 32.2. The molecule has 1 fully saturated rings. The van der Waals surface area contributed by atoms with E-state index in [0.717, 1.165) is 12.0 Å². The Bertz CT molecular complexity index is 1120. The first-order chi connectivity index (χ1) is 15.0. The summed E-state index contributed by atoms with van der Waals surface area (Å²) in [5.41, 5.74) is 2.04. The second-order valence-electron chi connectivity index (χ2n) is 7.29. The minimum Gasteiger partial charge on any atom is -0.379 e. The van der Waals surface area contributed by atoms with Gasteiger partial charge in [-0.1, -0.05) is 60.7 Å². The van der Waals surface area contributed by atoms with Crippen molar-refractivity contribution in [1.82, 2.24) is 4.90 Å². The van der Waals surface area contributed by atoms with Gasteiger partial charge in [0.15, 0.2) is 0 Å². The molecule has 0 bridgehead atoms. The summed E-state index contributed by atoms with van der Waals surface area (Å²) in [6, 6.07) is 24.8. The van der Waals surface area contributed by atoms with Crippen LogP contribution in [0.15, 0.2) is 89.8 Å². The number of carbonyl (C=O) groups excluding carboxylic acids is 1. The lowest BCUT2D eigenvalue weighted by atomic mass is 10.1. The summed E-state index contributed by atoms with van der Waals surface area (Å²) in [5, 5.41) is 0. The summed E-state index contributed by atoms with van der Waals surface area (Å²) in [5.74, 6) is 0.196. The summed E-state index contributed by atoms with van der Waals surface area (Å²) in [7, 11) is -3.88. The third-order valence-electron chi connectivity index (χ3n) is 5.15. The SMILES string of the molecule is O=C1CO[C@H](c2ccc(OS(=O)(=O)c3ccccc3)cc2)CN1CCc1ccccc1. The van der Waals surface area contributed by atoms with Gasteiger partial charge >= 0.3 is 10.1 Å². The number of hydrogen-bond donors (Lipinski definition) is 0. The molecule has 0 aliphatic carbocycles. The van der Waals surface area contributed by atoms with Crippen molar-refractivity contribution < 1.29 is 22.1 Å². The van der Waals surface area contributed by atoms with E-state index in [1.165, 1.54) is 17.7 Å². The van der Waals surface area contributed by atoms with Gasteiger partial charge in [-0.15, -0.1) is 0 Å². The van der Waals surface area contributed by atoms with Crippen molar-refractivity contribution in [2.45, 2.75) is 17.4 Å². The van der Waals surface area contributed by atoms with Crippen LogP contribution in [0.1, 0.15) is 17.2 Å².